The van der Waals surface area contributed by atoms with Gasteiger partial charge < -0.3 is 10.4 Å². The molecule has 0 radical (unpaired) electrons. The zero-order valence-corrected chi connectivity index (χ0v) is 13.2. The molecule has 1 atom stereocenters. The molecule has 2 aromatic carbocycles. The van der Waals surface area contributed by atoms with Crippen molar-refractivity contribution in [1.82, 2.24) is 0 Å². The first kappa shape index (κ1) is 15.5. The van der Waals surface area contributed by atoms with E-state index in [4.69, 9.17) is 5.11 Å². The summed E-state index contributed by atoms with van der Waals surface area (Å²) in [4.78, 5) is 10.9. The number of carboxylic acid groups (broad SMARTS) is 1. The van der Waals surface area contributed by atoms with Gasteiger partial charge in [0.2, 0.25) is 0 Å². The Morgan fingerprint density at radius 3 is 2.57 bits per heavy atom. The van der Waals surface area contributed by atoms with Crippen molar-refractivity contribution in [2.75, 3.05) is 5.32 Å². The Morgan fingerprint density at radius 2 is 2.00 bits per heavy atom. The van der Waals surface area contributed by atoms with Crippen molar-refractivity contribution in [3.63, 3.8) is 0 Å². The molecule has 2 aromatic rings. The van der Waals surface area contributed by atoms with Gasteiger partial charge in [-0.25, -0.2) is 9.18 Å². The van der Waals surface area contributed by atoms with E-state index in [-0.39, 0.29) is 17.4 Å². The van der Waals surface area contributed by atoms with Crippen LogP contribution in [0.25, 0.3) is 0 Å². The number of carboxylic acids is 1. The molecule has 3 nitrogen and oxygen atoms in total. The number of carbonyl (C=O) groups is 1. The molecule has 110 valence electrons. The second kappa shape index (κ2) is 6.26. The lowest BCUT2D eigenvalue weighted by Gasteiger charge is -2.18. The molecule has 1 unspecified atom stereocenters. The first-order chi connectivity index (χ1) is 9.88. The number of rotatable bonds is 4. The van der Waals surface area contributed by atoms with Crippen LogP contribution in [0.15, 0.2) is 40.9 Å². The van der Waals surface area contributed by atoms with Gasteiger partial charge in [0.05, 0.1) is 11.6 Å². The fraction of sp³-hybridized carbons (Fsp3) is 0.188. The van der Waals surface area contributed by atoms with Crippen LogP contribution in [0.1, 0.15) is 34.5 Å². The fourth-order valence-corrected chi connectivity index (χ4v) is 2.46. The normalized spacial score (nSPS) is 12.0. The minimum atomic E-state index is -0.961. The van der Waals surface area contributed by atoms with E-state index in [1.54, 1.807) is 24.3 Å². The van der Waals surface area contributed by atoms with Gasteiger partial charge in [-0.1, -0.05) is 22.0 Å². The van der Waals surface area contributed by atoms with E-state index in [0.29, 0.717) is 10.0 Å². The Bertz CT molecular complexity index is 688. The quantitative estimate of drug-likeness (QED) is 0.834. The lowest BCUT2D eigenvalue weighted by molar-refractivity contribution is 0.0697. The first-order valence-electron chi connectivity index (χ1n) is 6.44. The standard InChI is InChI=1S/C16H15BrFNO2/c1-9-7-11(16(20)21)3-6-15(9)19-10(2)13-5-4-12(17)8-14(13)18/h3-8,10,19H,1-2H3,(H,20,21). The van der Waals surface area contributed by atoms with Crippen LogP contribution in [-0.4, -0.2) is 11.1 Å². The minimum Gasteiger partial charge on any atom is -0.478 e. The Labute approximate surface area is 130 Å². The van der Waals surface area contributed by atoms with Gasteiger partial charge in [0.25, 0.3) is 0 Å². The third-order valence-electron chi connectivity index (χ3n) is 3.27. The maximum Gasteiger partial charge on any atom is 0.335 e. The van der Waals surface area contributed by atoms with E-state index < -0.39 is 5.97 Å². The molecular formula is C16H15BrFNO2. The molecule has 0 aliphatic heterocycles. The summed E-state index contributed by atoms with van der Waals surface area (Å²) in [7, 11) is 0. The molecule has 0 bridgehead atoms. The molecule has 0 saturated heterocycles. The lowest BCUT2D eigenvalue weighted by Crippen LogP contribution is -2.10. The summed E-state index contributed by atoms with van der Waals surface area (Å²) in [5.74, 6) is -1.25. The summed E-state index contributed by atoms with van der Waals surface area (Å²) in [6, 6.07) is 9.53. The highest BCUT2D eigenvalue weighted by molar-refractivity contribution is 9.10. The van der Waals surface area contributed by atoms with Gasteiger partial charge in [-0.15, -0.1) is 0 Å². The van der Waals surface area contributed by atoms with Crippen molar-refractivity contribution >= 4 is 27.6 Å². The summed E-state index contributed by atoms with van der Waals surface area (Å²) in [6.07, 6.45) is 0. The molecular weight excluding hydrogens is 337 g/mol. The number of benzene rings is 2. The van der Waals surface area contributed by atoms with Crippen molar-refractivity contribution in [2.45, 2.75) is 19.9 Å². The monoisotopic (exact) mass is 351 g/mol. The zero-order valence-electron chi connectivity index (χ0n) is 11.7. The molecule has 0 heterocycles. The Balaban J connectivity index is 2.23. The summed E-state index contributed by atoms with van der Waals surface area (Å²) in [6.45, 7) is 3.68. The van der Waals surface area contributed by atoms with Crippen molar-refractivity contribution in [2.24, 2.45) is 0 Å². The van der Waals surface area contributed by atoms with Gasteiger partial charge in [-0.2, -0.15) is 0 Å². The summed E-state index contributed by atoms with van der Waals surface area (Å²) in [5.41, 5.74) is 2.38. The molecule has 0 fully saturated rings. The average Bonchev–Trinajstić information content (AvgIpc) is 2.40. The smallest absolute Gasteiger partial charge is 0.335 e. The average molecular weight is 352 g/mol. The highest BCUT2D eigenvalue weighted by Gasteiger charge is 2.13. The van der Waals surface area contributed by atoms with Gasteiger partial charge in [0.1, 0.15) is 5.82 Å². The number of hydrogen-bond acceptors (Lipinski definition) is 2. The van der Waals surface area contributed by atoms with Gasteiger partial charge in [0.15, 0.2) is 0 Å². The minimum absolute atomic E-state index is 0.229. The van der Waals surface area contributed by atoms with E-state index in [1.807, 2.05) is 13.8 Å². The highest BCUT2D eigenvalue weighted by Crippen LogP contribution is 2.26. The zero-order chi connectivity index (χ0) is 15.6. The third kappa shape index (κ3) is 3.61. The van der Waals surface area contributed by atoms with Crippen LogP contribution in [0.2, 0.25) is 0 Å². The second-order valence-corrected chi connectivity index (χ2v) is 5.78. The Morgan fingerprint density at radius 1 is 1.29 bits per heavy atom. The van der Waals surface area contributed by atoms with Crippen molar-refractivity contribution < 1.29 is 14.3 Å². The van der Waals surface area contributed by atoms with Crippen molar-refractivity contribution in [3.8, 4) is 0 Å². The Kier molecular flexibility index (Phi) is 4.63. The van der Waals surface area contributed by atoms with Crippen LogP contribution in [0.4, 0.5) is 10.1 Å². The van der Waals surface area contributed by atoms with E-state index in [0.717, 1.165) is 11.3 Å². The third-order valence-corrected chi connectivity index (χ3v) is 3.77. The molecule has 0 aliphatic carbocycles. The molecule has 0 spiro atoms. The molecule has 0 saturated carbocycles. The molecule has 21 heavy (non-hydrogen) atoms. The SMILES string of the molecule is Cc1cc(C(=O)O)ccc1NC(C)c1ccc(Br)cc1F. The maximum absolute atomic E-state index is 13.9. The molecule has 5 heteroatoms. The Hall–Kier alpha value is -1.88. The van der Waals surface area contributed by atoms with Gasteiger partial charge in [-0.3, -0.25) is 0 Å². The van der Waals surface area contributed by atoms with Crippen LogP contribution in [0.5, 0.6) is 0 Å². The number of aryl methyl sites for hydroxylation is 1. The first-order valence-corrected chi connectivity index (χ1v) is 7.23. The number of hydrogen-bond donors (Lipinski definition) is 2. The molecule has 0 amide bonds. The second-order valence-electron chi connectivity index (χ2n) is 4.87. The number of aromatic carboxylic acids is 1. The van der Waals surface area contributed by atoms with Crippen molar-refractivity contribution in [1.29, 1.82) is 0 Å². The van der Waals surface area contributed by atoms with Crippen molar-refractivity contribution in [3.05, 3.63) is 63.4 Å². The molecule has 0 aliphatic rings. The van der Waals surface area contributed by atoms with Crippen LogP contribution < -0.4 is 5.32 Å². The summed E-state index contributed by atoms with van der Waals surface area (Å²) in [5, 5.41) is 12.2. The summed E-state index contributed by atoms with van der Waals surface area (Å²) < 4.78 is 14.6. The molecule has 2 N–H and O–H groups in total. The predicted octanol–water partition coefficient (Wildman–Crippen LogP) is 4.77. The van der Waals surface area contributed by atoms with E-state index >= 15 is 0 Å². The highest BCUT2D eigenvalue weighted by atomic mass is 79.9. The number of nitrogens with one attached hydrogen (secondary N) is 1. The van der Waals surface area contributed by atoms with Crippen LogP contribution in [-0.2, 0) is 0 Å². The van der Waals surface area contributed by atoms with Crippen LogP contribution >= 0.6 is 15.9 Å². The molecule has 0 aromatic heterocycles. The van der Waals surface area contributed by atoms with Gasteiger partial charge in [-0.05, 0) is 49.7 Å². The van der Waals surface area contributed by atoms with Gasteiger partial charge >= 0.3 is 5.97 Å². The fourth-order valence-electron chi connectivity index (χ4n) is 2.12. The maximum atomic E-state index is 13.9. The van der Waals surface area contributed by atoms with E-state index in [1.165, 1.54) is 12.1 Å². The predicted molar refractivity (Wildman–Crippen MR) is 84.3 cm³/mol. The molecule has 2 rings (SSSR count). The number of anilines is 1. The topological polar surface area (TPSA) is 49.3 Å². The van der Waals surface area contributed by atoms with E-state index in [2.05, 4.69) is 21.2 Å². The van der Waals surface area contributed by atoms with Gasteiger partial charge in [0, 0.05) is 15.7 Å². The van der Waals surface area contributed by atoms with Crippen LogP contribution in [0.3, 0.4) is 0 Å². The van der Waals surface area contributed by atoms with Crippen LogP contribution in [0, 0.1) is 12.7 Å². The van der Waals surface area contributed by atoms with E-state index in [9.17, 15) is 9.18 Å². The largest absolute Gasteiger partial charge is 0.478 e. The summed E-state index contributed by atoms with van der Waals surface area (Å²) >= 11 is 3.23. The lowest BCUT2D eigenvalue weighted by atomic mass is 10.1. The number of halogens is 2.